The van der Waals surface area contributed by atoms with E-state index in [9.17, 15) is 23.1 Å². The van der Waals surface area contributed by atoms with E-state index in [1.54, 1.807) is 54.6 Å². The Kier molecular flexibility index (Phi) is 6.55. The van der Waals surface area contributed by atoms with Crippen molar-refractivity contribution in [2.45, 2.75) is 25.1 Å². The van der Waals surface area contributed by atoms with Gasteiger partial charge in [-0.1, -0.05) is 18.2 Å². The molecule has 1 amide bonds. The van der Waals surface area contributed by atoms with Crippen LogP contribution < -0.4 is 15.5 Å². The predicted molar refractivity (Wildman–Crippen MR) is 123 cm³/mol. The van der Waals surface area contributed by atoms with E-state index in [0.717, 1.165) is 24.8 Å². The third-order valence-corrected chi connectivity index (χ3v) is 5.59. The summed E-state index contributed by atoms with van der Waals surface area (Å²) in [6, 6.07) is 19.1. The van der Waals surface area contributed by atoms with Gasteiger partial charge in [0.1, 0.15) is 0 Å². The van der Waals surface area contributed by atoms with Crippen LogP contribution in [0.3, 0.4) is 0 Å². The molecule has 1 saturated heterocycles. The van der Waals surface area contributed by atoms with E-state index in [0.29, 0.717) is 24.1 Å². The minimum atomic E-state index is -4.60. The Morgan fingerprint density at radius 2 is 1.58 bits per heavy atom. The highest BCUT2D eigenvalue weighted by atomic mass is 19.4. The van der Waals surface area contributed by atoms with Crippen LogP contribution in [0.4, 0.5) is 35.9 Å². The molecular formula is C25H24F3N3O2. The lowest BCUT2D eigenvalue weighted by molar-refractivity contribution is -0.136. The Morgan fingerprint density at radius 3 is 2.21 bits per heavy atom. The summed E-state index contributed by atoms with van der Waals surface area (Å²) >= 11 is 0. The van der Waals surface area contributed by atoms with Crippen LogP contribution in [0.5, 0.6) is 0 Å². The predicted octanol–water partition coefficient (Wildman–Crippen LogP) is 5.66. The molecule has 1 fully saturated rings. The number of anilines is 4. The smallest absolute Gasteiger partial charge is 0.393 e. The molecule has 0 aromatic heterocycles. The molecule has 0 atom stereocenters. The van der Waals surface area contributed by atoms with Gasteiger partial charge in [0.2, 0.25) is 0 Å². The fraction of sp³-hybridized carbons (Fsp3) is 0.240. The van der Waals surface area contributed by atoms with Gasteiger partial charge in [-0.2, -0.15) is 13.2 Å². The van der Waals surface area contributed by atoms with E-state index >= 15 is 0 Å². The van der Waals surface area contributed by atoms with Crippen LogP contribution in [0.1, 0.15) is 28.8 Å². The average molecular weight is 455 g/mol. The number of amides is 1. The maximum atomic E-state index is 13.7. The molecule has 33 heavy (non-hydrogen) atoms. The summed E-state index contributed by atoms with van der Waals surface area (Å²) in [5.41, 5.74) is 0.905. The van der Waals surface area contributed by atoms with Gasteiger partial charge < -0.3 is 20.6 Å². The van der Waals surface area contributed by atoms with Crippen LogP contribution in [0.2, 0.25) is 0 Å². The summed E-state index contributed by atoms with van der Waals surface area (Å²) < 4.78 is 41.0. The first-order chi connectivity index (χ1) is 15.8. The average Bonchev–Trinajstić information content (AvgIpc) is 2.81. The number of aliphatic hydroxyl groups is 1. The molecule has 1 aliphatic heterocycles. The fourth-order valence-corrected chi connectivity index (χ4v) is 3.79. The van der Waals surface area contributed by atoms with Gasteiger partial charge in [0, 0.05) is 35.7 Å². The van der Waals surface area contributed by atoms with E-state index in [1.165, 1.54) is 12.1 Å². The number of hydrogen-bond donors (Lipinski definition) is 3. The van der Waals surface area contributed by atoms with Gasteiger partial charge in [-0.05, 0) is 67.4 Å². The minimum absolute atomic E-state index is 0.0556. The van der Waals surface area contributed by atoms with Crippen molar-refractivity contribution < 1.29 is 23.1 Å². The number of benzene rings is 3. The van der Waals surface area contributed by atoms with Crippen molar-refractivity contribution in [1.29, 1.82) is 0 Å². The molecular weight excluding hydrogens is 431 g/mol. The molecule has 3 aromatic carbocycles. The molecule has 0 spiro atoms. The van der Waals surface area contributed by atoms with E-state index in [1.807, 2.05) is 0 Å². The summed E-state index contributed by atoms with van der Waals surface area (Å²) in [7, 11) is 0. The number of nitrogens with zero attached hydrogens (tertiary/aromatic N) is 1. The Hall–Kier alpha value is -3.52. The Morgan fingerprint density at radius 1 is 0.909 bits per heavy atom. The van der Waals surface area contributed by atoms with Crippen molar-refractivity contribution in [3.05, 3.63) is 83.9 Å². The second kappa shape index (κ2) is 9.54. The summed E-state index contributed by atoms with van der Waals surface area (Å²) in [4.78, 5) is 14.8. The number of hydrogen-bond acceptors (Lipinski definition) is 4. The monoisotopic (exact) mass is 455 g/mol. The molecule has 8 heteroatoms. The number of carbonyl (C=O) groups is 1. The van der Waals surface area contributed by atoms with Crippen LogP contribution in [0.15, 0.2) is 72.8 Å². The highest BCUT2D eigenvalue weighted by molar-refractivity contribution is 6.04. The quantitative estimate of drug-likeness (QED) is 0.464. The van der Waals surface area contributed by atoms with E-state index in [4.69, 9.17) is 0 Å². The third-order valence-electron chi connectivity index (χ3n) is 5.59. The van der Waals surface area contributed by atoms with Crippen LogP contribution >= 0.6 is 0 Å². The van der Waals surface area contributed by atoms with Crippen LogP contribution in [-0.2, 0) is 6.18 Å². The molecule has 172 valence electrons. The summed E-state index contributed by atoms with van der Waals surface area (Å²) in [5.74, 6) is -0.493. The lowest BCUT2D eigenvalue weighted by Gasteiger charge is -2.31. The standard InChI is InChI=1S/C25H24F3N3O2/c26-25(27,28)22-16-19(8-11-23(22)29-18-4-2-1-3-5-18)30-24(33)17-6-9-20(10-7-17)31-14-12-21(32)13-15-31/h1-11,16,21,29,32H,12-15H2,(H,30,33). The number of nitrogens with one attached hydrogen (secondary N) is 2. The number of carbonyl (C=O) groups excluding carboxylic acids is 1. The second-order valence-electron chi connectivity index (χ2n) is 7.97. The lowest BCUT2D eigenvalue weighted by Crippen LogP contribution is -2.35. The Balaban J connectivity index is 1.48. The van der Waals surface area contributed by atoms with Crippen molar-refractivity contribution in [3.63, 3.8) is 0 Å². The maximum absolute atomic E-state index is 13.7. The molecule has 1 heterocycles. The van der Waals surface area contributed by atoms with Gasteiger partial charge in [-0.15, -0.1) is 0 Å². The van der Waals surface area contributed by atoms with Gasteiger partial charge in [0.05, 0.1) is 17.4 Å². The van der Waals surface area contributed by atoms with Crippen LogP contribution in [-0.4, -0.2) is 30.2 Å². The highest BCUT2D eigenvalue weighted by Gasteiger charge is 2.34. The van der Waals surface area contributed by atoms with Gasteiger partial charge in [-0.3, -0.25) is 4.79 Å². The maximum Gasteiger partial charge on any atom is 0.418 e. The minimum Gasteiger partial charge on any atom is -0.393 e. The zero-order valence-electron chi connectivity index (χ0n) is 17.8. The lowest BCUT2D eigenvalue weighted by atomic mass is 10.1. The fourth-order valence-electron chi connectivity index (χ4n) is 3.79. The first kappa shape index (κ1) is 22.7. The normalized spacial score (nSPS) is 14.7. The summed E-state index contributed by atoms with van der Waals surface area (Å²) in [6.45, 7) is 1.46. The third kappa shape index (κ3) is 5.64. The molecule has 3 N–H and O–H groups in total. The number of aliphatic hydroxyl groups excluding tert-OH is 1. The first-order valence-corrected chi connectivity index (χ1v) is 10.7. The van der Waals surface area contributed by atoms with Gasteiger partial charge in [0.25, 0.3) is 5.91 Å². The van der Waals surface area contributed by atoms with Crippen molar-refractivity contribution in [1.82, 2.24) is 0 Å². The number of alkyl halides is 3. The molecule has 5 nitrogen and oxygen atoms in total. The molecule has 3 aromatic rings. The van der Waals surface area contributed by atoms with Gasteiger partial charge in [0.15, 0.2) is 0 Å². The Bertz CT molecular complexity index is 1090. The molecule has 0 saturated carbocycles. The van der Waals surface area contributed by atoms with E-state index < -0.39 is 17.6 Å². The van der Waals surface area contributed by atoms with Gasteiger partial charge >= 0.3 is 6.18 Å². The van der Waals surface area contributed by atoms with E-state index in [2.05, 4.69) is 15.5 Å². The molecule has 4 rings (SSSR count). The topological polar surface area (TPSA) is 64.6 Å². The van der Waals surface area contributed by atoms with Crippen molar-refractivity contribution in [3.8, 4) is 0 Å². The molecule has 1 aliphatic rings. The zero-order valence-corrected chi connectivity index (χ0v) is 17.8. The van der Waals surface area contributed by atoms with Crippen LogP contribution in [0, 0.1) is 0 Å². The van der Waals surface area contributed by atoms with Crippen molar-refractivity contribution >= 4 is 28.7 Å². The Labute approximate surface area is 189 Å². The van der Waals surface area contributed by atoms with Gasteiger partial charge in [-0.25, -0.2) is 0 Å². The van der Waals surface area contributed by atoms with Crippen molar-refractivity contribution in [2.75, 3.05) is 28.6 Å². The highest BCUT2D eigenvalue weighted by Crippen LogP contribution is 2.38. The summed E-state index contributed by atoms with van der Waals surface area (Å²) in [6.07, 6.45) is -3.48. The summed E-state index contributed by atoms with van der Waals surface area (Å²) in [5, 5.41) is 15.0. The largest absolute Gasteiger partial charge is 0.418 e. The van der Waals surface area contributed by atoms with Crippen LogP contribution in [0.25, 0.3) is 0 Å². The molecule has 0 radical (unpaired) electrons. The zero-order chi connectivity index (χ0) is 23.4. The second-order valence-corrected chi connectivity index (χ2v) is 7.97. The molecule has 0 unspecified atom stereocenters. The molecule has 0 aliphatic carbocycles. The number of piperidine rings is 1. The van der Waals surface area contributed by atoms with E-state index in [-0.39, 0.29) is 17.5 Å². The number of rotatable bonds is 5. The number of para-hydroxylation sites is 1. The molecule has 0 bridgehead atoms. The van der Waals surface area contributed by atoms with Crippen molar-refractivity contribution in [2.24, 2.45) is 0 Å². The number of halogens is 3. The SMILES string of the molecule is O=C(Nc1ccc(Nc2ccccc2)c(C(F)(F)F)c1)c1ccc(N2CCC(O)CC2)cc1. The first-order valence-electron chi connectivity index (χ1n) is 10.7.